The van der Waals surface area contributed by atoms with Gasteiger partial charge < -0.3 is 0 Å². The van der Waals surface area contributed by atoms with Crippen LogP contribution >= 0.6 is 23.2 Å². The van der Waals surface area contributed by atoms with Crippen LogP contribution < -0.4 is 0 Å². The Bertz CT molecular complexity index is 564. The molecule has 0 saturated heterocycles. The minimum atomic E-state index is -0.390. The van der Waals surface area contributed by atoms with Crippen molar-refractivity contribution in [1.82, 2.24) is 0 Å². The summed E-state index contributed by atoms with van der Waals surface area (Å²) in [5, 5.41) is 0.531. The Kier molecular flexibility index (Phi) is 3.46. The highest BCUT2D eigenvalue weighted by atomic mass is 35.5. The zero-order chi connectivity index (χ0) is 12.4. The summed E-state index contributed by atoms with van der Waals surface area (Å²) >= 11 is 11.8. The van der Waals surface area contributed by atoms with Crippen LogP contribution in [0.2, 0.25) is 10.0 Å². The van der Waals surface area contributed by atoms with Crippen LogP contribution in [0.3, 0.4) is 0 Å². The maximum Gasteiger partial charge on any atom is 0.194 e. The third-order valence-corrected chi connectivity index (χ3v) is 3.12. The maximum atomic E-state index is 12.7. The highest BCUT2D eigenvalue weighted by Crippen LogP contribution is 2.27. The SMILES string of the molecule is O=C(c1ccc(F)cc1)c1cccc(Cl)c1Cl. The molecule has 0 aliphatic heterocycles. The lowest BCUT2D eigenvalue weighted by molar-refractivity contribution is 0.103. The number of halogens is 3. The van der Waals surface area contributed by atoms with Crippen molar-refractivity contribution in [2.75, 3.05) is 0 Å². The van der Waals surface area contributed by atoms with Crippen molar-refractivity contribution in [3.05, 3.63) is 69.5 Å². The van der Waals surface area contributed by atoms with Gasteiger partial charge in [-0.3, -0.25) is 4.79 Å². The fourth-order valence-electron chi connectivity index (χ4n) is 1.44. The van der Waals surface area contributed by atoms with E-state index in [1.54, 1.807) is 18.2 Å². The Morgan fingerprint density at radius 1 is 1.00 bits per heavy atom. The molecule has 0 unspecified atom stereocenters. The first-order valence-electron chi connectivity index (χ1n) is 4.84. The predicted molar refractivity (Wildman–Crippen MR) is 66.3 cm³/mol. The molecule has 2 rings (SSSR count). The molecule has 4 heteroatoms. The smallest absolute Gasteiger partial charge is 0.194 e. The average Bonchev–Trinajstić information content (AvgIpc) is 2.33. The van der Waals surface area contributed by atoms with Gasteiger partial charge in [-0.25, -0.2) is 4.39 Å². The first-order valence-corrected chi connectivity index (χ1v) is 5.59. The van der Waals surface area contributed by atoms with E-state index in [0.717, 1.165) is 0 Å². The molecule has 2 aromatic rings. The van der Waals surface area contributed by atoms with Crippen LogP contribution in [0.4, 0.5) is 4.39 Å². The molecule has 0 heterocycles. The second kappa shape index (κ2) is 4.86. The summed E-state index contributed by atoms with van der Waals surface area (Å²) in [7, 11) is 0. The largest absolute Gasteiger partial charge is 0.289 e. The summed E-state index contributed by atoms with van der Waals surface area (Å²) in [5.74, 6) is -0.670. The van der Waals surface area contributed by atoms with Crippen LogP contribution in [-0.4, -0.2) is 5.78 Å². The van der Waals surface area contributed by atoms with Gasteiger partial charge in [0.1, 0.15) is 5.82 Å². The maximum absolute atomic E-state index is 12.7. The molecule has 0 aliphatic rings. The standard InChI is InChI=1S/C13H7Cl2FO/c14-11-3-1-2-10(12(11)15)13(17)8-4-6-9(16)7-5-8/h1-7H. The van der Waals surface area contributed by atoms with E-state index in [1.807, 2.05) is 0 Å². The van der Waals surface area contributed by atoms with Gasteiger partial charge in [0.05, 0.1) is 10.0 Å². The van der Waals surface area contributed by atoms with Gasteiger partial charge in [0.2, 0.25) is 0 Å². The van der Waals surface area contributed by atoms with Gasteiger partial charge in [0, 0.05) is 11.1 Å². The fraction of sp³-hybridized carbons (Fsp3) is 0. The minimum Gasteiger partial charge on any atom is -0.289 e. The van der Waals surface area contributed by atoms with Gasteiger partial charge in [0.15, 0.2) is 5.78 Å². The molecule has 0 N–H and O–H groups in total. The zero-order valence-corrected chi connectivity index (χ0v) is 10.1. The van der Waals surface area contributed by atoms with Crippen molar-refractivity contribution < 1.29 is 9.18 Å². The first kappa shape index (κ1) is 12.1. The highest BCUT2D eigenvalue weighted by molar-refractivity contribution is 6.44. The molecule has 17 heavy (non-hydrogen) atoms. The summed E-state index contributed by atoms with van der Waals surface area (Å²) in [4.78, 5) is 12.1. The molecule has 0 fully saturated rings. The van der Waals surface area contributed by atoms with E-state index >= 15 is 0 Å². The van der Waals surface area contributed by atoms with E-state index in [1.165, 1.54) is 24.3 Å². The number of rotatable bonds is 2. The summed E-state index contributed by atoms with van der Waals surface area (Å²) in [6, 6.07) is 10.1. The molecule has 0 atom stereocenters. The number of ketones is 1. The summed E-state index contributed by atoms with van der Waals surface area (Å²) < 4.78 is 12.7. The molecule has 1 nitrogen and oxygen atoms in total. The second-order valence-electron chi connectivity index (χ2n) is 3.44. The normalized spacial score (nSPS) is 10.3. The first-order chi connectivity index (χ1) is 8.09. The van der Waals surface area contributed by atoms with Gasteiger partial charge >= 0.3 is 0 Å². The molecule has 0 aliphatic carbocycles. The van der Waals surface area contributed by atoms with Gasteiger partial charge in [-0.15, -0.1) is 0 Å². The predicted octanol–water partition coefficient (Wildman–Crippen LogP) is 4.36. The number of carbonyl (C=O) groups is 1. The molecule has 0 aromatic heterocycles. The molecule has 0 saturated carbocycles. The zero-order valence-electron chi connectivity index (χ0n) is 8.58. The average molecular weight is 269 g/mol. The number of carbonyl (C=O) groups excluding carboxylic acids is 1. The molecule has 2 aromatic carbocycles. The van der Waals surface area contributed by atoms with E-state index in [0.29, 0.717) is 16.1 Å². The molecule has 86 valence electrons. The Morgan fingerprint density at radius 2 is 1.65 bits per heavy atom. The summed E-state index contributed by atoms with van der Waals surface area (Å²) in [6.45, 7) is 0. The van der Waals surface area contributed by atoms with E-state index in [4.69, 9.17) is 23.2 Å². The van der Waals surface area contributed by atoms with Crippen LogP contribution in [0.25, 0.3) is 0 Å². The molecule has 0 radical (unpaired) electrons. The van der Waals surface area contributed by atoms with Crippen molar-refractivity contribution in [2.24, 2.45) is 0 Å². The fourth-order valence-corrected chi connectivity index (χ4v) is 1.82. The van der Waals surface area contributed by atoms with Crippen molar-refractivity contribution in [3.8, 4) is 0 Å². The van der Waals surface area contributed by atoms with Gasteiger partial charge in [0.25, 0.3) is 0 Å². The van der Waals surface area contributed by atoms with Gasteiger partial charge in [-0.2, -0.15) is 0 Å². The number of hydrogen-bond acceptors (Lipinski definition) is 1. The van der Waals surface area contributed by atoms with E-state index in [9.17, 15) is 9.18 Å². The monoisotopic (exact) mass is 268 g/mol. The third-order valence-electron chi connectivity index (χ3n) is 2.30. The lowest BCUT2D eigenvalue weighted by Gasteiger charge is -2.04. The van der Waals surface area contributed by atoms with Crippen LogP contribution in [0.5, 0.6) is 0 Å². The molecular formula is C13H7Cl2FO. The molecule has 0 spiro atoms. The van der Waals surface area contributed by atoms with E-state index < -0.39 is 5.82 Å². The van der Waals surface area contributed by atoms with E-state index in [2.05, 4.69) is 0 Å². The van der Waals surface area contributed by atoms with Crippen molar-refractivity contribution >= 4 is 29.0 Å². The minimum absolute atomic E-state index is 0.212. The van der Waals surface area contributed by atoms with Crippen LogP contribution in [0.1, 0.15) is 15.9 Å². The molecule has 0 bridgehead atoms. The second-order valence-corrected chi connectivity index (χ2v) is 4.22. The quantitative estimate of drug-likeness (QED) is 0.740. The van der Waals surface area contributed by atoms with Crippen LogP contribution in [-0.2, 0) is 0 Å². The topological polar surface area (TPSA) is 17.1 Å². The van der Waals surface area contributed by atoms with Crippen molar-refractivity contribution in [3.63, 3.8) is 0 Å². The van der Waals surface area contributed by atoms with Crippen LogP contribution in [0.15, 0.2) is 42.5 Å². The summed E-state index contributed by atoms with van der Waals surface area (Å²) in [6.07, 6.45) is 0. The molecule has 0 amide bonds. The van der Waals surface area contributed by atoms with Crippen molar-refractivity contribution in [2.45, 2.75) is 0 Å². The number of benzene rings is 2. The highest BCUT2D eigenvalue weighted by Gasteiger charge is 2.14. The van der Waals surface area contributed by atoms with Crippen LogP contribution in [0, 0.1) is 5.82 Å². The number of hydrogen-bond donors (Lipinski definition) is 0. The Balaban J connectivity index is 2.44. The van der Waals surface area contributed by atoms with Crippen molar-refractivity contribution in [1.29, 1.82) is 0 Å². The third kappa shape index (κ3) is 2.48. The Morgan fingerprint density at radius 3 is 2.29 bits per heavy atom. The van der Waals surface area contributed by atoms with Gasteiger partial charge in [-0.1, -0.05) is 29.3 Å². The lowest BCUT2D eigenvalue weighted by Crippen LogP contribution is -2.02. The molecular weight excluding hydrogens is 262 g/mol. The lowest BCUT2D eigenvalue weighted by atomic mass is 10.0. The summed E-state index contributed by atoms with van der Waals surface area (Å²) in [5.41, 5.74) is 0.682. The Hall–Kier alpha value is -1.38. The Labute approximate surface area is 108 Å². The van der Waals surface area contributed by atoms with Gasteiger partial charge in [-0.05, 0) is 36.4 Å². The van der Waals surface area contributed by atoms with E-state index in [-0.39, 0.29) is 10.8 Å².